The molecule has 0 aliphatic carbocycles. The van der Waals surface area contributed by atoms with Crippen molar-refractivity contribution in [1.29, 1.82) is 0 Å². The molecule has 5 heteroatoms. The van der Waals surface area contributed by atoms with E-state index in [-0.39, 0.29) is 5.69 Å². The highest BCUT2D eigenvalue weighted by Gasteiger charge is 2.03. The fourth-order valence-electron chi connectivity index (χ4n) is 1.96. The molecule has 100 valence electrons. The van der Waals surface area contributed by atoms with Gasteiger partial charge in [0.25, 0.3) is 0 Å². The maximum atomic E-state index is 12.0. The Morgan fingerprint density at radius 2 is 1.84 bits per heavy atom. The van der Waals surface area contributed by atoms with Crippen molar-refractivity contribution < 1.29 is 0 Å². The molecule has 0 fully saturated rings. The second-order valence-corrected chi connectivity index (χ2v) is 4.90. The molecule has 0 radical (unpaired) electrons. The average Bonchev–Trinajstić information content (AvgIpc) is 2.73. The van der Waals surface area contributed by atoms with Gasteiger partial charge in [-0.2, -0.15) is 0 Å². The van der Waals surface area contributed by atoms with Crippen molar-refractivity contribution in [2.24, 2.45) is 5.73 Å². The van der Waals surface area contributed by atoms with Gasteiger partial charge in [-0.25, -0.2) is 4.79 Å². The lowest BCUT2D eigenvalue weighted by Gasteiger charge is -2.04. The Labute approximate surface area is 117 Å². The SMILES string of the molecule is CCCn1ccn(Cc2ccc(C(N)=S)cc2)c1=O. The standard InChI is InChI=1S/C14H17N3OS/c1-2-7-16-8-9-17(14(16)18)10-11-3-5-12(6-4-11)13(15)19/h3-6,8-9H,2,7,10H2,1H3,(H2,15,19). The highest BCUT2D eigenvalue weighted by molar-refractivity contribution is 7.80. The number of benzene rings is 1. The van der Waals surface area contributed by atoms with E-state index in [1.165, 1.54) is 0 Å². The minimum atomic E-state index is 0.0280. The van der Waals surface area contributed by atoms with Gasteiger partial charge in [-0.1, -0.05) is 43.4 Å². The second-order valence-electron chi connectivity index (χ2n) is 4.46. The van der Waals surface area contributed by atoms with Crippen molar-refractivity contribution in [2.45, 2.75) is 26.4 Å². The molecule has 0 amide bonds. The minimum absolute atomic E-state index is 0.0280. The zero-order valence-electron chi connectivity index (χ0n) is 10.9. The number of aromatic nitrogens is 2. The maximum Gasteiger partial charge on any atom is 0.328 e. The summed E-state index contributed by atoms with van der Waals surface area (Å²) in [5, 5.41) is 0. The van der Waals surface area contributed by atoms with Crippen LogP contribution in [0.1, 0.15) is 24.5 Å². The van der Waals surface area contributed by atoms with Gasteiger partial charge in [-0.3, -0.25) is 9.13 Å². The van der Waals surface area contributed by atoms with Gasteiger partial charge >= 0.3 is 5.69 Å². The summed E-state index contributed by atoms with van der Waals surface area (Å²) < 4.78 is 3.43. The topological polar surface area (TPSA) is 52.9 Å². The Balaban J connectivity index is 2.17. The predicted octanol–water partition coefficient (Wildman–Crippen LogP) is 1.74. The molecule has 0 spiro atoms. The Hall–Kier alpha value is -1.88. The van der Waals surface area contributed by atoms with Gasteiger partial charge in [-0.05, 0) is 12.0 Å². The van der Waals surface area contributed by atoms with Crippen molar-refractivity contribution in [3.8, 4) is 0 Å². The van der Waals surface area contributed by atoms with Crippen LogP contribution in [-0.4, -0.2) is 14.1 Å². The molecule has 2 rings (SSSR count). The molecule has 1 heterocycles. The molecule has 19 heavy (non-hydrogen) atoms. The highest BCUT2D eigenvalue weighted by atomic mass is 32.1. The van der Waals surface area contributed by atoms with Crippen LogP contribution in [0, 0.1) is 0 Å². The first-order valence-electron chi connectivity index (χ1n) is 6.26. The third kappa shape index (κ3) is 3.12. The lowest BCUT2D eigenvalue weighted by Crippen LogP contribution is -2.24. The molecule has 2 aromatic rings. The van der Waals surface area contributed by atoms with E-state index in [2.05, 4.69) is 6.92 Å². The summed E-state index contributed by atoms with van der Waals surface area (Å²) in [6, 6.07) is 7.65. The molecule has 0 unspecified atom stereocenters. The van der Waals surface area contributed by atoms with Crippen LogP contribution in [0.4, 0.5) is 0 Å². The quantitative estimate of drug-likeness (QED) is 0.846. The summed E-state index contributed by atoms with van der Waals surface area (Å²) >= 11 is 4.91. The summed E-state index contributed by atoms with van der Waals surface area (Å²) in [4.78, 5) is 12.4. The fraction of sp³-hybridized carbons (Fsp3) is 0.286. The van der Waals surface area contributed by atoms with E-state index in [0.29, 0.717) is 11.5 Å². The molecule has 0 saturated heterocycles. The number of aryl methyl sites for hydroxylation is 1. The number of imidazole rings is 1. The molecule has 1 aromatic carbocycles. The van der Waals surface area contributed by atoms with Gasteiger partial charge in [0.15, 0.2) is 0 Å². The molecule has 4 nitrogen and oxygen atoms in total. The number of nitrogens with two attached hydrogens (primary N) is 1. The van der Waals surface area contributed by atoms with Gasteiger partial charge in [0.05, 0.1) is 6.54 Å². The monoisotopic (exact) mass is 275 g/mol. The van der Waals surface area contributed by atoms with Crippen molar-refractivity contribution in [2.75, 3.05) is 0 Å². The Kier molecular flexibility index (Phi) is 4.16. The Bertz CT molecular complexity index is 625. The molecular weight excluding hydrogens is 258 g/mol. The first-order valence-corrected chi connectivity index (χ1v) is 6.67. The maximum absolute atomic E-state index is 12.0. The van der Waals surface area contributed by atoms with Crippen molar-refractivity contribution in [1.82, 2.24) is 9.13 Å². The number of hydrogen-bond acceptors (Lipinski definition) is 2. The number of nitrogens with zero attached hydrogens (tertiary/aromatic N) is 2. The van der Waals surface area contributed by atoms with E-state index in [9.17, 15) is 4.79 Å². The summed E-state index contributed by atoms with van der Waals surface area (Å²) in [5.74, 6) is 0. The summed E-state index contributed by atoms with van der Waals surface area (Å²) in [7, 11) is 0. The first-order chi connectivity index (χ1) is 9.11. The van der Waals surface area contributed by atoms with E-state index in [1.807, 2.05) is 36.7 Å². The Morgan fingerprint density at radius 1 is 1.21 bits per heavy atom. The molecule has 0 aliphatic heterocycles. The zero-order chi connectivity index (χ0) is 13.8. The van der Waals surface area contributed by atoms with Gasteiger partial charge in [0, 0.05) is 24.5 Å². The van der Waals surface area contributed by atoms with Gasteiger partial charge < -0.3 is 5.73 Å². The van der Waals surface area contributed by atoms with Gasteiger partial charge in [0.1, 0.15) is 4.99 Å². The smallest absolute Gasteiger partial charge is 0.328 e. The third-order valence-electron chi connectivity index (χ3n) is 2.97. The van der Waals surface area contributed by atoms with Crippen molar-refractivity contribution in [3.63, 3.8) is 0 Å². The Morgan fingerprint density at radius 3 is 2.42 bits per heavy atom. The molecule has 0 bridgehead atoms. The molecule has 1 aromatic heterocycles. The van der Waals surface area contributed by atoms with Crippen LogP contribution >= 0.6 is 12.2 Å². The molecule has 0 atom stereocenters. The van der Waals surface area contributed by atoms with Crippen LogP contribution in [-0.2, 0) is 13.1 Å². The molecule has 2 N–H and O–H groups in total. The van der Waals surface area contributed by atoms with Crippen molar-refractivity contribution >= 4 is 17.2 Å². The van der Waals surface area contributed by atoms with Crippen LogP contribution in [0.2, 0.25) is 0 Å². The predicted molar refractivity (Wildman–Crippen MR) is 80.4 cm³/mol. The summed E-state index contributed by atoms with van der Waals surface area (Å²) in [6.07, 6.45) is 4.60. The number of thiocarbonyl (C=S) groups is 1. The van der Waals surface area contributed by atoms with Crippen LogP contribution in [0.3, 0.4) is 0 Å². The normalized spacial score (nSPS) is 10.6. The van der Waals surface area contributed by atoms with Crippen LogP contribution < -0.4 is 11.4 Å². The second kappa shape index (κ2) is 5.84. The van der Waals surface area contributed by atoms with Crippen LogP contribution in [0.5, 0.6) is 0 Å². The summed E-state index contributed by atoms with van der Waals surface area (Å²) in [6.45, 7) is 3.37. The number of rotatable bonds is 5. The zero-order valence-corrected chi connectivity index (χ0v) is 11.7. The van der Waals surface area contributed by atoms with E-state index in [0.717, 1.165) is 24.1 Å². The highest BCUT2D eigenvalue weighted by Crippen LogP contribution is 2.05. The average molecular weight is 275 g/mol. The third-order valence-corrected chi connectivity index (χ3v) is 3.21. The van der Waals surface area contributed by atoms with Crippen LogP contribution in [0.15, 0.2) is 41.5 Å². The van der Waals surface area contributed by atoms with Gasteiger partial charge in [-0.15, -0.1) is 0 Å². The van der Waals surface area contributed by atoms with E-state index in [1.54, 1.807) is 9.13 Å². The lowest BCUT2D eigenvalue weighted by atomic mass is 10.1. The minimum Gasteiger partial charge on any atom is -0.389 e. The molecule has 0 saturated carbocycles. The van der Waals surface area contributed by atoms with E-state index < -0.39 is 0 Å². The largest absolute Gasteiger partial charge is 0.389 e. The van der Waals surface area contributed by atoms with Crippen molar-refractivity contribution in [3.05, 3.63) is 58.3 Å². The van der Waals surface area contributed by atoms with E-state index >= 15 is 0 Å². The van der Waals surface area contributed by atoms with Gasteiger partial charge in [0.2, 0.25) is 0 Å². The molecular formula is C14H17N3OS. The molecule has 0 aliphatic rings. The lowest BCUT2D eigenvalue weighted by molar-refractivity contribution is 0.624. The first kappa shape index (κ1) is 13.5. The van der Waals surface area contributed by atoms with Crippen LogP contribution in [0.25, 0.3) is 0 Å². The number of hydrogen-bond donors (Lipinski definition) is 1. The van der Waals surface area contributed by atoms with E-state index in [4.69, 9.17) is 18.0 Å². The fourth-order valence-corrected chi connectivity index (χ4v) is 2.09. The summed E-state index contributed by atoms with van der Waals surface area (Å²) in [5.41, 5.74) is 7.47.